The number of H-pyrrole nitrogens is 1. The standard InChI is InChI=1S/C19H26ClN3O3S/c1-13-19(14(2)22-21-13)27(24,25)23-10-8-16(9-11-23)18(12-26-3)15-4-6-17(20)7-5-15/h4-7,16,18H,8-12H2,1-3H3,(H,21,22). The van der Waals surface area contributed by atoms with Gasteiger partial charge in [-0.05, 0) is 50.3 Å². The van der Waals surface area contributed by atoms with Crippen LogP contribution in [0.2, 0.25) is 5.02 Å². The van der Waals surface area contributed by atoms with Crippen molar-refractivity contribution in [1.29, 1.82) is 0 Å². The molecule has 0 spiro atoms. The fraction of sp³-hybridized carbons (Fsp3) is 0.526. The number of halogens is 1. The van der Waals surface area contributed by atoms with E-state index in [1.807, 2.05) is 24.3 Å². The SMILES string of the molecule is COCC(c1ccc(Cl)cc1)C1CCN(S(=O)(=O)c2c(C)n[nH]c2C)CC1. The van der Waals surface area contributed by atoms with Crippen LogP contribution in [0.4, 0.5) is 0 Å². The Morgan fingerprint density at radius 1 is 1.26 bits per heavy atom. The number of aryl methyl sites for hydroxylation is 2. The molecule has 0 bridgehead atoms. The van der Waals surface area contributed by atoms with Gasteiger partial charge in [-0.3, -0.25) is 5.10 Å². The van der Waals surface area contributed by atoms with Crippen molar-refractivity contribution in [2.24, 2.45) is 5.92 Å². The third-order valence-electron chi connectivity index (χ3n) is 5.37. The van der Waals surface area contributed by atoms with Gasteiger partial charge in [0.25, 0.3) is 0 Å². The van der Waals surface area contributed by atoms with Gasteiger partial charge in [-0.1, -0.05) is 23.7 Å². The van der Waals surface area contributed by atoms with Gasteiger partial charge in [-0.2, -0.15) is 9.40 Å². The van der Waals surface area contributed by atoms with Crippen molar-refractivity contribution in [1.82, 2.24) is 14.5 Å². The van der Waals surface area contributed by atoms with E-state index in [2.05, 4.69) is 10.2 Å². The van der Waals surface area contributed by atoms with E-state index < -0.39 is 10.0 Å². The number of ether oxygens (including phenoxy) is 1. The summed E-state index contributed by atoms with van der Waals surface area (Å²) < 4.78 is 33.1. The van der Waals surface area contributed by atoms with Crippen LogP contribution in [0.25, 0.3) is 0 Å². The quantitative estimate of drug-likeness (QED) is 0.789. The average molecular weight is 412 g/mol. The second-order valence-corrected chi connectivity index (χ2v) is 9.43. The van der Waals surface area contributed by atoms with Crippen molar-refractivity contribution in [3.63, 3.8) is 0 Å². The van der Waals surface area contributed by atoms with Gasteiger partial charge in [0, 0.05) is 31.1 Å². The van der Waals surface area contributed by atoms with E-state index in [1.54, 1.807) is 25.3 Å². The number of hydrogen-bond donors (Lipinski definition) is 1. The lowest BCUT2D eigenvalue weighted by atomic mass is 9.81. The Bertz CT molecular complexity index is 853. The molecule has 0 saturated carbocycles. The van der Waals surface area contributed by atoms with Crippen LogP contribution < -0.4 is 0 Å². The zero-order valence-electron chi connectivity index (χ0n) is 15.9. The summed E-state index contributed by atoms with van der Waals surface area (Å²) in [5.74, 6) is 0.596. The number of aromatic amines is 1. The lowest BCUT2D eigenvalue weighted by molar-refractivity contribution is 0.134. The van der Waals surface area contributed by atoms with E-state index in [0.717, 1.165) is 12.8 Å². The summed E-state index contributed by atoms with van der Waals surface area (Å²) in [6, 6.07) is 7.86. The predicted molar refractivity (Wildman–Crippen MR) is 106 cm³/mol. The van der Waals surface area contributed by atoms with Gasteiger partial charge >= 0.3 is 0 Å². The number of nitrogens with zero attached hydrogens (tertiary/aromatic N) is 2. The van der Waals surface area contributed by atoms with E-state index in [1.165, 1.54) is 5.56 Å². The zero-order chi connectivity index (χ0) is 19.6. The number of benzene rings is 1. The Morgan fingerprint density at radius 2 is 1.89 bits per heavy atom. The first kappa shape index (κ1) is 20.3. The van der Waals surface area contributed by atoms with Crippen LogP contribution in [-0.4, -0.2) is 49.7 Å². The minimum absolute atomic E-state index is 0.231. The van der Waals surface area contributed by atoms with Gasteiger partial charge in [0.1, 0.15) is 4.90 Å². The second-order valence-electron chi connectivity index (χ2n) is 7.12. The maximum atomic E-state index is 13.0. The van der Waals surface area contributed by atoms with Gasteiger partial charge in [-0.15, -0.1) is 0 Å². The molecule has 6 nitrogen and oxygen atoms in total. The third-order valence-corrected chi connectivity index (χ3v) is 7.78. The van der Waals surface area contributed by atoms with Crippen LogP contribution in [0.15, 0.2) is 29.2 Å². The molecule has 3 rings (SSSR count). The van der Waals surface area contributed by atoms with Gasteiger partial charge in [0.05, 0.1) is 18.0 Å². The lowest BCUT2D eigenvalue weighted by Crippen LogP contribution is -2.40. The first-order valence-corrected chi connectivity index (χ1v) is 10.9. The first-order chi connectivity index (χ1) is 12.8. The number of piperidine rings is 1. The molecule has 1 aliphatic rings. The van der Waals surface area contributed by atoms with E-state index in [-0.39, 0.29) is 5.92 Å². The number of methoxy groups -OCH3 is 1. The maximum absolute atomic E-state index is 13.0. The van der Waals surface area contributed by atoms with Crippen LogP contribution in [0.1, 0.15) is 35.7 Å². The molecule has 1 N–H and O–H groups in total. The summed E-state index contributed by atoms with van der Waals surface area (Å²) in [6.07, 6.45) is 1.59. The lowest BCUT2D eigenvalue weighted by Gasteiger charge is -2.35. The maximum Gasteiger partial charge on any atom is 0.246 e. The molecule has 2 aromatic rings. The van der Waals surface area contributed by atoms with Crippen molar-refractivity contribution in [3.05, 3.63) is 46.2 Å². The number of sulfonamides is 1. The van der Waals surface area contributed by atoms with E-state index in [9.17, 15) is 8.42 Å². The first-order valence-electron chi connectivity index (χ1n) is 9.10. The molecular formula is C19H26ClN3O3S. The monoisotopic (exact) mass is 411 g/mol. The van der Waals surface area contributed by atoms with Gasteiger partial charge < -0.3 is 4.74 Å². The molecule has 148 valence electrons. The Kier molecular flexibility index (Phi) is 6.25. The molecule has 1 aromatic carbocycles. The molecule has 1 atom stereocenters. The highest BCUT2D eigenvalue weighted by molar-refractivity contribution is 7.89. The topological polar surface area (TPSA) is 75.3 Å². The van der Waals surface area contributed by atoms with Crippen LogP contribution in [0.3, 0.4) is 0 Å². The highest BCUT2D eigenvalue weighted by Gasteiger charge is 2.35. The van der Waals surface area contributed by atoms with Crippen molar-refractivity contribution in [3.8, 4) is 0 Å². The van der Waals surface area contributed by atoms with Gasteiger partial charge in [-0.25, -0.2) is 8.42 Å². The van der Waals surface area contributed by atoms with Crippen LogP contribution in [0.5, 0.6) is 0 Å². The van der Waals surface area contributed by atoms with Crippen LogP contribution in [0, 0.1) is 19.8 Å². The van der Waals surface area contributed by atoms with E-state index in [0.29, 0.717) is 46.9 Å². The Morgan fingerprint density at radius 3 is 2.41 bits per heavy atom. The molecule has 0 radical (unpaired) electrons. The summed E-state index contributed by atoms with van der Waals surface area (Å²) >= 11 is 6.01. The summed E-state index contributed by atoms with van der Waals surface area (Å²) in [6.45, 7) is 5.09. The molecule has 1 unspecified atom stereocenters. The van der Waals surface area contributed by atoms with Crippen molar-refractivity contribution in [2.45, 2.75) is 37.5 Å². The number of hydrogen-bond acceptors (Lipinski definition) is 4. The second kappa shape index (κ2) is 8.31. The van der Waals surface area contributed by atoms with Crippen molar-refractivity contribution >= 4 is 21.6 Å². The molecule has 0 amide bonds. The van der Waals surface area contributed by atoms with E-state index in [4.69, 9.17) is 16.3 Å². The Balaban J connectivity index is 1.74. The fourth-order valence-corrected chi connectivity index (χ4v) is 5.89. The van der Waals surface area contributed by atoms with Gasteiger partial charge in [0.15, 0.2) is 0 Å². The molecule has 1 fully saturated rings. The molecule has 2 heterocycles. The Hall–Kier alpha value is -1.41. The molecule has 1 aliphatic heterocycles. The highest BCUT2D eigenvalue weighted by atomic mass is 35.5. The predicted octanol–water partition coefficient (Wildman–Crippen LogP) is 3.51. The van der Waals surface area contributed by atoms with E-state index >= 15 is 0 Å². The number of nitrogens with one attached hydrogen (secondary N) is 1. The summed E-state index contributed by atoms with van der Waals surface area (Å²) in [5.41, 5.74) is 2.30. The summed E-state index contributed by atoms with van der Waals surface area (Å²) in [7, 11) is -1.82. The molecule has 1 aromatic heterocycles. The molecule has 1 saturated heterocycles. The molecule has 8 heteroatoms. The van der Waals surface area contributed by atoms with Crippen molar-refractivity contribution < 1.29 is 13.2 Å². The van der Waals surface area contributed by atoms with Gasteiger partial charge in [0.2, 0.25) is 10.0 Å². The fourth-order valence-electron chi connectivity index (χ4n) is 3.96. The molecular weight excluding hydrogens is 386 g/mol. The summed E-state index contributed by atoms with van der Waals surface area (Å²) in [5, 5.41) is 7.51. The number of aromatic nitrogens is 2. The normalized spacial score (nSPS) is 17.9. The molecule has 0 aliphatic carbocycles. The third kappa shape index (κ3) is 4.21. The van der Waals surface area contributed by atoms with Crippen LogP contribution >= 0.6 is 11.6 Å². The minimum Gasteiger partial charge on any atom is -0.384 e. The summed E-state index contributed by atoms with van der Waals surface area (Å²) in [4.78, 5) is 0.312. The molecule has 27 heavy (non-hydrogen) atoms. The van der Waals surface area contributed by atoms with Crippen molar-refractivity contribution in [2.75, 3.05) is 26.8 Å². The number of rotatable bonds is 6. The highest BCUT2D eigenvalue weighted by Crippen LogP contribution is 2.35. The largest absolute Gasteiger partial charge is 0.384 e. The van der Waals surface area contributed by atoms with Crippen LogP contribution in [-0.2, 0) is 14.8 Å². The minimum atomic E-state index is -3.52. The Labute approximate surface area is 165 Å². The average Bonchev–Trinajstić information content (AvgIpc) is 3.00. The zero-order valence-corrected chi connectivity index (χ0v) is 17.5. The smallest absolute Gasteiger partial charge is 0.246 e.